The Bertz CT molecular complexity index is 162. The van der Waals surface area contributed by atoms with E-state index in [0.29, 0.717) is 13.1 Å². The monoisotopic (exact) mass is 187 g/mol. The fourth-order valence-electron chi connectivity index (χ4n) is 1.49. The smallest absolute Gasteiger partial charge is 0.225 e. The molecule has 1 saturated carbocycles. The van der Waals surface area contributed by atoms with Gasteiger partial charge < -0.3 is 15.1 Å². The molecule has 1 aliphatic carbocycles. The lowest BCUT2D eigenvalue weighted by Gasteiger charge is -2.30. The van der Waals surface area contributed by atoms with Crippen LogP contribution in [0.1, 0.15) is 19.3 Å². The van der Waals surface area contributed by atoms with E-state index < -0.39 is 0 Å². The molecule has 1 aliphatic rings. The highest BCUT2D eigenvalue weighted by Gasteiger charge is 2.28. The molecule has 0 radical (unpaired) electrons. The number of carbonyl (C=O) groups excluding carboxylic acids is 1. The first-order valence-electron chi connectivity index (χ1n) is 4.80. The normalized spacial score (nSPS) is 16.8. The predicted octanol–water partition coefficient (Wildman–Crippen LogP) is -0.400. The molecule has 0 aromatic heterocycles. The van der Waals surface area contributed by atoms with Gasteiger partial charge in [-0.3, -0.25) is 4.79 Å². The van der Waals surface area contributed by atoms with Gasteiger partial charge in [0.2, 0.25) is 5.91 Å². The molecule has 0 aliphatic heterocycles. The fraction of sp³-hybridized carbons (Fsp3) is 0.889. The van der Waals surface area contributed by atoms with E-state index in [1.807, 2.05) is 0 Å². The Hall–Kier alpha value is -0.610. The molecule has 4 heteroatoms. The molecule has 4 nitrogen and oxygen atoms in total. The van der Waals surface area contributed by atoms with Gasteiger partial charge in [0.25, 0.3) is 0 Å². The fourth-order valence-corrected chi connectivity index (χ4v) is 1.49. The predicted molar refractivity (Wildman–Crippen MR) is 48.1 cm³/mol. The van der Waals surface area contributed by atoms with Gasteiger partial charge in [-0.1, -0.05) is 6.42 Å². The zero-order valence-corrected chi connectivity index (χ0v) is 7.78. The molecule has 1 fully saturated rings. The highest BCUT2D eigenvalue weighted by atomic mass is 16.3. The first-order chi connectivity index (χ1) is 6.29. The first kappa shape index (κ1) is 10.5. The Kier molecular flexibility index (Phi) is 4.18. The molecule has 1 rings (SSSR count). The number of hydrogen-bond acceptors (Lipinski definition) is 3. The van der Waals surface area contributed by atoms with E-state index in [1.165, 1.54) is 0 Å². The summed E-state index contributed by atoms with van der Waals surface area (Å²) in [4.78, 5) is 13.2. The van der Waals surface area contributed by atoms with Gasteiger partial charge in [0.15, 0.2) is 0 Å². The van der Waals surface area contributed by atoms with E-state index in [4.69, 9.17) is 10.2 Å². The van der Waals surface area contributed by atoms with Crippen molar-refractivity contribution in [3.63, 3.8) is 0 Å². The van der Waals surface area contributed by atoms with Crippen LogP contribution < -0.4 is 0 Å². The molecule has 0 aromatic rings. The average molecular weight is 187 g/mol. The summed E-state index contributed by atoms with van der Waals surface area (Å²) >= 11 is 0. The number of hydrogen-bond donors (Lipinski definition) is 2. The Morgan fingerprint density at radius 1 is 1.23 bits per heavy atom. The highest BCUT2D eigenvalue weighted by Crippen LogP contribution is 2.27. The number of rotatable bonds is 5. The van der Waals surface area contributed by atoms with Gasteiger partial charge in [-0.25, -0.2) is 0 Å². The number of aliphatic hydroxyl groups is 2. The van der Waals surface area contributed by atoms with Crippen LogP contribution in [0.25, 0.3) is 0 Å². The maximum atomic E-state index is 11.6. The van der Waals surface area contributed by atoms with Gasteiger partial charge in [0.05, 0.1) is 13.2 Å². The second-order valence-electron chi connectivity index (χ2n) is 3.40. The molecule has 0 heterocycles. The molecular formula is C9H17NO3. The number of carbonyl (C=O) groups is 1. The van der Waals surface area contributed by atoms with Crippen LogP contribution in [0.15, 0.2) is 0 Å². The van der Waals surface area contributed by atoms with Gasteiger partial charge in [-0.05, 0) is 12.8 Å². The summed E-state index contributed by atoms with van der Waals surface area (Å²) in [5.74, 6) is 0.243. The Morgan fingerprint density at radius 3 is 2.08 bits per heavy atom. The standard InChI is InChI=1S/C9H17NO3/c11-6-4-10(5-7-12)9(13)8-2-1-3-8/h8,11-12H,1-7H2. The lowest BCUT2D eigenvalue weighted by atomic mass is 9.84. The van der Waals surface area contributed by atoms with Crippen molar-refractivity contribution in [1.82, 2.24) is 4.90 Å². The van der Waals surface area contributed by atoms with Crippen molar-refractivity contribution in [3.8, 4) is 0 Å². The van der Waals surface area contributed by atoms with Crippen LogP contribution in [0.5, 0.6) is 0 Å². The second kappa shape index (κ2) is 5.19. The molecule has 76 valence electrons. The van der Waals surface area contributed by atoms with Crippen molar-refractivity contribution in [2.24, 2.45) is 5.92 Å². The summed E-state index contributed by atoms with van der Waals surface area (Å²) < 4.78 is 0. The summed E-state index contributed by atoms with van der Waals surface area (Å²) in [6.07, 6.45) is 3.06. The van der Waals surface area contributed by atoms with E-state index >= 15 is 0 Å². The minimum atomic E-state index is -0.0293. The third-order valence-electron chi connectivity index (χ3n) is 2.51. The SMILES string of the molecule is O=C(C1CCC1)N(CCO)CCO. The molecule has 2 N–H and O–H groups in total. The van der Waals surface area contributed by atoms with Gasteiger partial charge >= 0.3 is 0 Å². The zero-order chi connectivity index (χ0) is 9.68. The first-order valence-corrected chi connectivity index (χ1v) is 4.80. The van der Waals surface area contributed by atoms with Crippen molar-refractivity contribution < 1.29 is 15.0 Å². The topological polar surface area (TPSA) is 60.8 Å². The van der Waals surface area contributed by atoms with Crippen molar-refractivity contribution in [3.05, 3.63) is 0 Å². The lowest BCUT2D eigenvalue weighted by molar-refractivity contribution is -0.139. The Balaban J connectivity index is 2.37. The lowest BCUT2D eigenvalue weighted by Crippen LogP contribution is -2.41. The van der Waals surface area contributed by atoms with Gasteiger partial charge in [-0.2, -0.15) is 0 Å². The van der Waals surface area contributed by atoms with Gasteiger partial charge in [0, 0.05) is 19.0 Å². The largest absolute Gasteiger partial charge is 0.395 e. The minimum Gasteiger partial charge on any atom is -0.395 e. The van der Waals surface area contributed by atoms with Crippen LogP contribution in [-0.4, -0.2) is 47.3 Å². The van der Waals surface area contributed by atoms with Gasteiger partial charge in [0.1, 0.15) is 0 Å². The Labute approximate surface area is 78.2 Å². The summed E-state index contributed by atoms with van der Waals surface area (Å²) in [5.41, 5.74) is 0. The Morgan fingerprint density at radius 2 is 1.77 bits per heavy atom. The third-order valence-corrected chi connectivity index (χ3v) is 2.51. The zero-order valence-electron chi connectivity index (χ0n) is 7.78. The number of nitrogens with zero attached hydrogens (tertiary/aromatic N) is 1. The number of aliphatic hydroxyl groups excluding tert-OH is 2. The second-order valence-corrected chi connectivity index (χ2v) is 3.40. The molecule has 0 aromatic carbocycles. The molecule has 0 saturated heterocycles. The highest BCUT2D eigenvalue weighted by molar-refractivity contribution is 5.79. The van der Waals surface area contributed by atoms with Crippen molar-refractivity contribution >= 4 is 5.91 Å². The van der Waals surface area contributed by atoms with E-state index in [-0.39, 0.29) is 25.0 Å². The van der Waals surface area contributed by atoms with Crippen LogP contribution in [0.3, 0.4) is 0 Å². The molecular weight excluding hydrogens is 170 g/mol. The van der Waals surface area contributed by atoms with Crippen LogP contribution in [-0.2, 0) is 4.79 Å². The van der Waals surface area contributed by atoms with Gasteiger partial charge in [-0.15, -0.1) is 0 Å². The van der Waals surface area contributed by atoms with Crippen LogP contribution in [0.4, 0.5) is 0 Å². The molecule has 0 spiro atoms. The van der Waals surface area contributed by atoms with Crippen LogP contribution >= 0.6 is 0 Å². The van der Waals surface area contributed by atoms with E-state index in [9.17, 15) is 4.79 Å². The summed E-state index contributed by atoms with van der Waals surface area (Å²) in [6, 6.07) is 0. The maximum Gasteiger partial charge on any atom is 0.225 e. The molecule has 1 amide bonds. The van der Waals surface area contributed by atoms with E-state index in [0.717, 1.165) is 19.3 Å². The van der Waals surface area contributed by atoms with E-state index in [2.05, 4.69) is 0 Å². The molecule has 13 heavy (non-hydrogen) atoms. The molecule has 0 bridgehead atoms. The number of amides is 1. The van der Waals surface area contributed by atoms with Crippen molar-refractivity contribution in [1.29, 1.82) is 0 Å². The van der Waals surface area contributed by atoms with Crippen molar-refractivity contribution in [2.75, 3.05) is 26.3 Å². The molecule has 0 unspecified atom stereocenters. The summed E-state index contributed by atoms with van der Waals surface area (Å²) in [6.45, 7) is 0.628. The third kappa shape index (κ3) is 2.67. The van der Waals surface area contributed by atoms with Crippen LogP contribution in [0.2, 0.25) is 0 Å². The molecule has 0 atom stereocenters. The maximum absolute atomic E-state index is 11.6. The summed E-state index contributed by atoms with van der Waals surface area (Å²) in [5, 5.41) is 17.4. The van der Waals surface area contributed by atoms with Crippen LogP contribution in [0, 0.1) is 5.92 Å². The summed E-state index contributed by atoms with van der Waals surface area (Å²) in [7, 11) is 0. The minimum absolute atomic E-state index is 0.0293. The average Bonchev–Trinajstić information content (AvgIpc) is 2.01. The van der Waals surface area contributed by atoms with Crippen molar-refractivity contribution in [2.45, 2.75) is 19.3 Å². The quantitative estimate of drug-likeness (QED) is 0.615. The van der Waals surface area contributed by atoms with E-state index in [1.54, 1.807) is 4.90 Å².